The van der Waals surface area contributed by atoms with Gasteiger partial charge in [0.05, 0.1) is 18.7 Å². The van der Waals surface area contributed by atoms with E-state index in [-0.39, 0.29) is 24.6 Å². The van der Waals surface area contributed by atoms with Gasteiger partial charge >= 0.3 is 0 Å². The summed E-state index contributed by atoms with van der Waals surface area (Å²) in [5.41, 5.74) is -0.316. The fourth-order valence-corrected chi connectivity index (χ4v) is 1.95. The largest absolute Gasteiger partial charge is 0.464 e. The number of aryl methyl sites for hydroxylation is 1. The van der Waals surface area contributed by atoms with Gasteiger partial charge in [-0.2, -0.15) is 0 Å². The summed E-state index contributed by atoms with van der Waals surface area (Å²) in [4.78, 5) is 25.1. The summed E-state index contributed by atoms with van der Waals surface area (Å²) in [5, 5.41) is 2.31. The molecule has 0 fully saturated rings. The van der Waals surface area contributed by atoms with Crippen molar-refractivity contribution in [1.82, 2.24) is 10.2 Å². The lowest BCUT2D eigenvalue weighted by molar-refractivity contribution is -0.129. The first-order valence-corrected chi connectivity index (χ1v) is 6.89. The lowest BCUT2D eigenvalue weighted by Gasteiger charge is -2.16. The summed E-state index contributed by atoms with van der Waals surface area (Å²) in [7, 11) is 1.56. The van der Waals surface area contributed by atoms with Gasteiger partial charge in [-0.25, -0.2) is 8.78 Å². The third-order valence-electron chi connectivity index (χ3n) is 3.19. The molecule has 0 radical (unpaired) electrons. The lowest BCUT2D eigenvalue weighted by Crippen LogP contribution is -2.38. The molecule has 2 rings (SSSR count). The molecule has 2 aromatic rings. The molecule has 0 aliphatic heterocycles. The molecule has 23 heavy (non-hydrogen) atoms. The van der Waals surface area contributed by atoms with Gasteiger partial charge < -0.3 is 14.6 Å². The first kappa shape index (κ1) is 16.7. The second kappa shape index (κ2) is 7.04. The summed E-state index contributed by atoms with van der Waals surface area (Å²) in [6, 6.07) is 6.16. The molecule has 1 aromatic heterocycles. The Kier molecular flexibility index (Phi) is 5.10. The highest BCUT2D eigenvalue weighted by Gasteiger charge is 2.16. The molecule has 5 nitrogen and oxygen atoms in total. The second-order valence-electron chi connectivity index (χ2n) is 5.07. The molecule has 0 aliphatic rings. The van der Waals surface area contributed by atoms with Gasteiger partial charge in [-0.15, -0.1) is 0 Å². The normalized spacial score (nSPS) is 10.4. The Morgan fingerprint density at radius 3 is 2.57 bits per heavy atom. The van der Waals surface area contributed by atoms with Gasteiger partial charge in [0.25, 0.3) is 5.91 Å². The minimum absolute atomic E-state index is 0.257. The van der Waals surface area contributed by atoms with Crippen molar-refractivity contribution in [3.05, 3.63) is 59.1 Å². The van der Waals surface area contributed by atoms with Crippen LogP contribution in [0.4, 0.5) is 8.78 Å². The number of hydrogen-bond donors (Lipinski definition) is 1. The molecule has 1 heterocycles. The number of furan rings is 1. The molecule has 0 bridgehead atoms. The van der Waals surface area contributed by atoms with Crippen LogP contribution in [0.3, 0.4) is 0 Å². The van der Waals surface area contributed by atoms with Crippen molar-refractivity contribution in [2.45, 2.75) is 13.5 Å². The predicted molar refractivity (Wildman–Crippen MR) is 78.6 cm³/mol. The van der Waals surface area contributed by atoms with E-state index < -0.39 is 17.5 Å². The SMILES string of the molecule is Cc1ccc(CN(C)C(=O)CNC(=O)c2ccc(F)cc2F)o1. The number of nitrogens with zero attached hydrogens (tertiary/aromatic N) is 1. The van der Waals surface area contributed by atoms with E-state index in [0.29, 0.717) is 11.8 Å². The van der Waals surface area contributed by atoms with E-state index in [1.54, 1.807) is 26.1 Å². The third-order valence-corrected chi connectivity index (χ3v) is 3.19. The van der Waals surface area contributed by atoms with E-state index in [4.69, 9.17) is 4.42 Å². The Labute approximate surface area is 131 Å². The summed E-state index contributed by atoms with van der Waals surface area (Å²) < 4.78 is 31.6. The molecule has 122 valence electrons. The van der Waals surface area contributed by atoms with Gasteiger partial charge in [-0.05, 0) is 31.2 Å². The number of carbonyl (C=O) groups is 2. The Hall–Kier alpha value is -2.70. The maximum absolute atomic E-state index is 13.5. The van der Waals surface area contributed by atoms with Crippen molar-refractivity contribution in [3.8, 4) is 0 Å². The highest BCUT2D eigenvalue weighted by molar-refractivity contribution is 5.96. The summed E-state index contributed by atoms with van der Waals surface area (Å²) in [6.45, 7) is 1.75. The van der Waals surface area contributed by atoms with Crippen LogP contribution in [0.25, 0.3) is 0 Å². The monoisotopic (exact) mass is 322 g/mol. The minimum Gasteiger partial charge on any atom is -0.464 e. The average molecular weight is 322 g/mol. The second-order valence-corrected chi connectivity index (χ2v) is 5.07. The number of rotatable bonds is 5. The molecule has 2 amide bonds. The van der Waals surface area contributed by atoms with Crippen LogP contribution in [0.15, 0.2) is 34.7 Å². The zero-order valence-corrected chi connectivity index (χ0v) is 12.7. The fourth-order valence-electron chi connectivity index (χ4n) is 1.95. The zero-order chi connectivity index (χ0) is 17.0. The number of halogens is 2. The highest BCUT2D eigenvalue weighted by Crippen LogP contribution is 2.10. The fraction of sp³-hybridized carbons (Fsp3) is 0.250. The molecule has 0 atom stereocenters. The summed E-state index contributed by atoms with van der Waals surface area (Å²) >= 11 is 0. The summed E-state index contributed by atoms with van der Waals surface area (Å²) in [6.07, 6.45) is 0. The zero-order valence-electron chi connectivity index (χ0n) is 12.7. The topological polar surface area (TPSA) is 62.6 Å². The number of hydrogen-bond acceptors (Lipinski definition) is 3. The van der Waals surface area contributed by atoms with E-state index in [2.05, 4.69) is 5.32 Å². The standard InChI is InChI=1S/C16H16F2N2O3/c1-10-3-5-12(23-10)9-20(2)15(21)8-19-16(22)13-6-4-11(17)7-14(13)18/h3-7H,8-9H2,1-2H3,(H,19,22). The smallest absolute Gasteiger partial charge is 0.254 e. The molecular weight excluding hydrogens is 306 g/mol. The van der Waals surface area contributed by atoms with Crippen molar-refractivity contribution < 1.29 is 22.8 Å². The molecule has 1 N–H and O–H groups in total. The van der Waals surface area contributed by atoms with E-state index in [1.165, 1.54) is 4.90 Å². The number of likely N-dealkylation sites (N-methyl/N-ethyl adjacent to an activating group) is 1. The van der Waals surface area contributed by atoms with Crippen LogP contribution in [0.5, 0.6) is 0 Å². The van der Waals surface area contributed by atoms with Gasteiger partial charge in [-0.3, -0.25) is 9.59 Å². The maximum Gasteiger partial charge on any atom is 0.254 e. The molecule has 0 saturated carbocycles. The quantitative estimate of drug-likeness (QED) is 0.918. The van der Waals surface area contributed by atoms with Crippen LogP contribution in [0, 0.1) is 18.6 Å². The Balaban J connectivity index is 1.89. The Morgan fingerprint density at radius 1 is 1.22 bits per heavy atom. The molecule has 0 unspecified atom stereocenters. The molecule has 1 aromatic carbocycles. The van der Waals surface area contributed by atoms with Crippen molar-refractivity contribution in [3.63, 3.8) is 0 Å². The van der Waals surface area contributed by atoms with E-state index >= 15 is 0 Å². The molecule has 0 aliphatic carbocycles. The van der Waals surface area contributed by atoms with Crippen LogP contribution in [-0.4, -0.2) is 30.3 Å². The van der Waals surface area contributed by atoms with Gasteiger partial charge in [-0.1, -0.05) is 0 Å². The highest BCUT2D eigenvalue weighted by atomic mass is 19.1. The molecule has 7 heteroatoms. The maximum atomic E-state index is 13.5. The van der Waals surface area contributed by atoms with Crippen LogP contribution < -0.4 is 5.32 Å². The van der Waals surface area contributed by atoms with Gasteiger partial charge in [0.1, 0.15) is 23.2 Å². The molecular formula is C16H16F2N2O3. The average Bonchev–Trinajstić information content (AvgIpc) is 2.89. The van der Waals surface area contributed by atoms with Gasteiger partial charge in [0.2, 0.25) is 5.91 Å². The summed E-state index contributed by atoms with van der Waals surface area (Å²) in [5.74, 6) is -1.54. The van der Waals surface area contributed by atoms with Crippen LogP contribution in [0.2, 0.25) is 0 Å². The van der Waals surface area contributed by atoms with Crippen LogP contribution in [-0.2, 0) is 11.3 Å². The number of nitrogens with one attached hydrogen (secondary N) is 1. The third kappa shape index (κ3) is 4.38. The van der Waals surface area contributed by atoms with Crippen molar-refractivity contribution >= 4 is 11.8 Å². The first-order chi connectivity index (χ1) is 10.9. The molecule has 0 spiro atoms. The van der Waals surface area contributed by atoms with E-state index in [0.717, 1.165) is 17.9 Å². The van der Waals surface area contributed by atoms with Gasteiger partial charge in [0, 0.05) is 13.1 Å². The Morgan fingerprint density at radius 2 is 1.96 bits per heavy atom. The van der Waals surface area contributed by atoms with E-state index in [9.17, 15) is 18.4 Å². The van der Waals surface area contributed by atoms with Crippen molar-refractivity contribution in [2.75, 3.05) is 13.6 Å². The number of amides is 2. The van der Waals surface area contributed by atoms with Crippen LogP contribution in [0.1, 0.15) is 21.9 Å². The van der Waals surface area contributed by atoms with Crippen molar-refractivity contribution in [2.24, 2.45) is 0 Å². The number of carbonyl (C=O) groups excluding carboxylic acids is 2. The first-order valence-electron chi connectivity index (χ1n) is 6.89. The molecule has 0 saturated heterocycles. The minimum atomic E-state index is -0.977. The lowest BCUT2D eigenvalue weighted by atomic mass is 10.2. The predicted octanol–water partition coefficient (Wildman–Crippen LogP) is 2.25. The Bertz CT molecular complexity index is 728. The number of benzene rings is 1. The van der Waals surface area contributed by atoms with Crippen LogP contribution >= 0.6 is 0 Å². The van der Waals surface area contributed by atoms with Crippen molar-refractivity contribution in [1.29, 1.82) is 0 Å². The van der Waals surface area contributed by atoms with E-state index in [1.807, 2.05) is 0 Å². The van der Waals surface area contributed by atoms with Gasteiger partial charge in [0.15, 0.2) is 0 Å².